The summed E-state index contributed by atoms with van der Waals surface area (Å²) in [5.74, 6) is 1.77. The Morgan fingerprint density at radius 2 is 1.33 bits per heavy atom. The van der Waals surface area contributed by atoms with E-state index in [1.807, 2.05) is 20.8 Å². The van der Waals surface area contributed by atoms with Gasteiger partial charge in [0.2, 0.25) is 0 Å². The fourth-order valence-corrected chi connectivity index (χ4v) is 1.59. The Morgan fingerprint density at radius 3 is 1.61 bits per heavy atom. The van der Waals surface area contributed by atoms with Crippen molar-refractivity contribution in [3.05, 3.63) is 0 Å². The molecule has 0 aliphatic carbocycles. The summed E-state index contributed by atoms with van der Waals surface area (Å²) in [5, 5.41) is 0. The lowest BCUT2D eigenvalue weighted by Crippen LogP contribution is -2.37. The number of rotatable bonds is 8. The van der Waals surface area contributed by atoms with E-state index in [-0.39, 0.29) is 5.41 Å². The van der Waals surface area contributed by atoms with Crippen LogP contribution in [0, 0.1) is 17.3 Å². The fourth-order valence-electron chi connectivity index (χ4n) is 1.59. The molecular weight excluding hydrogens is 222 g/mol. The second-order valence-electron chi connectivity index (χ2n) is 7.31. The number of Topliss-reactive ketones (excluding diaryl/α,β-unsaturated/α-hetero) is 1. The minimum absolute atomic E-state index is 0.214. The molecule has 108 valence electrons. The first-order chi connectivity index (χ1) is 8.12. The van der Waals surface area contributed by atoms with Crippen molar-refractivity contribution in [1.82, 2.24) is 4.90 Å². The summed E-state index contributed by atoms with van der Waals surface area (Å²) >= 11 is 0. The molecule has 2 heteroatoms. The van der Waals surface area contributed by atoms with Gasteiger partial charge in [-0.05, 0) is 37.8 Å². The van der Waals surface area contributed by atoms with Gasteiger partial charge in [0.1, 0.15) is 0 Å². The van der Waals surface area contributed by atoms with Crippen molar-refractivity contribution < 1.29 is 4.79 Å². The van der Waals surface area contributed by atoms with Gasteiger partial charge in [-0.3, -0.25) is 9.69 Å². The molecule has 0 aromatic heterocycles. The van der Waals surface area contributed by atoms with Gasteiger partial charge in [0.15, 0.2) is 5.78 Å². The lowest BCUT2D eigenvalue weighted by Gasteiger charge is -2.27. The minimum Gasteiger partial charge on any atom is -0.298 e. The van der Waals surface area contributed by atoms with Crippen LogP contribution in [0.5, 0.6) is 0 Å². The maximum atomic E-state index is 12.1. The first kappa shape index (κ1) is 17.6. The molecular formula is C16H33NO. The highest BCUT2D eigenvalue weighted by Crippen LogP contribution is 2.16. The summed E-state index contributed by atoms with van der Waals surface area (Å²) in [5.41, 5.74) is -0.214. The highest BCUT2D eigenvalue weighted by molar-refractivity contribution is 5.85. The molecule has 0 aliphatic heterocycles. The van der Waals surface area contributed by atoms with Gasteiger partial charge in [0.05, 0.1) is 6.54 Å². The quantitative estimate of drug-likeness (QED) is 0.653. The summed E-state index contributed by atoms with van der Waals surface area (Å²) in [6.45, 7) is 17.7. The number of carbonyl (C=O) groups excluding carboxylic acids is 1. The van der Waals surface area contributed by atoms with E-state index in [1.165, 1.54) is 12.8 Å². The van der Waals surface area contributed by atoms with Crippen molar-refractivity contribution in [2.24, 2.45) is 17.3 Å². The number of nitrogens with zero attached hydrogens (tertiary/aromatic N) is 1. The summed E-state index contributed by atoms with van der Waals surface area (Å²) in [6.07, 6.45) is 2.35. The Hall–Kier alpha value is -0.370. The topological polar surface area (TPSA) is 20.3 Å². The molecule has 0 heterocycles. The van der Waals surface area contributed by atoms with Crippen LogP contribution in [0.4, 0.5) is 0 Å². The SMILES string of the molecule is CC(C)CCN(CCC(C)C)CC(=O)C(C)(C)C. The van der Waals surface area contributed by atoms with Crippen LogP contribution in [0.2, 0.25) is 0 Å². The summed E-state index contributed by atoms with van der Waals surface area (Å²) in [4.78, 5) is 14.5. The first-order valence-corrected chi connectivity index (χ1v) is 7.38. The van der Waals surface area contributed by atoms with Gasteiger partial charge in [-0.2, -0.15) is 0 Å². The fraction of sp³-hybridized carbons (Fsp3) is 0.938. The average molecular weight is 255 g/mol. The number of carbonyl (C=O) groups is 1. The molecule has 0 spiro atoms. The van der Waals surface area contributed by atoms with Crippen molar-refractivity contribution in [2.45, 2.75) is 61.3 Å². The third-order valence-corrected chi connectivity index (χ3v) is 3.25. The molecule has 0 radical (unpaired) electrons. The highest BCUT2D eigenvalue weighted by Gasteiger charge is 2.23. The molecule has 0 unspecified atom stereocenters. The molecule has 0 aromatic carbocycles. The maximum Gasteiger partial charge on any atom is 0.152 e. The van der Waals surface area contributed by atoms with Gasteiger partial charge in [-0.15, -0.1) is 0 Å². The Balaban J connectivity index is 4.32. The summed E-state index contributed by atoms with van der Waals surface area (Å²) < 4.78 is 0. The highest BCUT2D eigenvalue weighted by atomic mass is 16.1. The molecule has 0 aliphatic rings. The van der Waals surface area contributed by atoms with E-state index in [1.54, 1.807) is 0 Å². The van der Waals surface area contributed by atoms with E-state index in [2.05, 4.69) is 32.6 Å². The van der Waals surface area contributed by atoms with Crippen LogP contribution in [0.25, 0.3) is 0 Å². The summed E-state index contributed by atoms with van der Waals surface area (Å²) in [6, 6.07) is 0. The molecule has 0 rings (SSSR count). The van der Waals surface area contributed by atoms with E-state index in [0.717, 1.165) is 13.1 Å². The molecule has 0 N–H and O–H groups in total. The third-order valence-electron chi connectivity index (χ3n) is 3.25. The smallest absolute Gasteiger partial charge is 0.152 e. The molecule has 0 fully saturated rings. The lowest BCUT2D eigenvalue weighted by molar-refractivity contribution is -0.127. The van der Waals surface area contributed by atoms with Crippen LogP contribution in [0.15, 0.2) is 0 Å². The van der Waals surface area contributed by atoms with E-state index < -0.39 is 0 Å². The van der Waals surface area contributed by atoms with Crippen molar-refractivity contribution in [3.8, 4) is 0 Å². The number of hydrogen-bond donors (Lipinski definition) is 0. The molecule has 2 nitrogen and oxygen atoms in total. The van der Waals surface area contributed by atoms with Crippen LogP contribution >= 0.6 is 0 Å². The zero-order valence-electron chi connectivity index (χ0n) is 13.5. The van der Waals surface area contributed by atoms with Crippen LogP contribution in [-0.4, -0.2) is 30.3 Å². The van der Waals surface area contributed by atoms with Gasteiger partial charge in [0.25, 0.3) is 0 Å². The normalized spacial score (nSPS) is 12.8. The molecule has 0 amide bonds. The monoisotopic (exact) mass is 255 g/mol. The maximum absolute atomic E-state index is 12.1. The molecule has 0 bridgehead atoms. The van der Waals surface area contributed by atoms with Crippen molar-refractivity contribution in [1.29, 1.82) is 0 Å². The average Bonchev–Trinajstić information content (AvgIpc) is 2.19. The predicted octanol–water partition coefficient (Wildman–Crippen LogP) is 4.00. The Kier molecular flexibility index (Phi) is 7.77. The van der Waals surface area contributed by atoms with Crippen molar-refractivity contribution >= 4 is 5.78 Å². The zero-order valence-corrected chi connectivity index (χ0v) is 13.5. The third kappa shape index (κ3) is 8.68. The van der Waals surface area contributed by atoms with E-state index in [4.69, 9.17) is 0 Å². The van der Waals surface area contributed by atoms with Gasteiger partial charge < -0.3 is 0 Å². The zero-order chi connectivity index (χ0) is 14.3. The van der Waals surface area contributed by atoms with Crippen LogP contribution in [0.1, 0.15) is 61.3 Å². The van der Waals surface area contributed by atoms with Gasteiger partial charge in [-0.1, -0.05) is 48.5 Å². The first-order valence-electron chi connectivity index (χ1n) is 7.38. The van der Waals surface area contributed by atoms with Crippen LogP contribution in [-0.2, 0) is 4.79 Å². The van der Waals surface area contributed by atoms with Crippen molar-refractivity contribution in [3.63, 3.8) is 0 Å². The van der Waals surface area contributed by atoms with E-state index in [9.17, 15) is 4.79 Å². The van der Waals surface area contributed by atoms with Gasteiger partial charge in [0, 0.05) is 5.41 Å². The minimum atomic E-state index is -0.214. The Bertz CT molecular complexity index is 226. The van der Waals surface area contributed by atoms with Gasteiger partial charge >= 0.3 is 0 Å². The predicted molar refractivity (Wildman–Crippen MR) is 79.8 cm³/mol. The Morgan fingerprint density at radius 1 is 0.944 bits per heavy atom. The molecule has 0 atom stereocenters. The van der Waals surface area contributed by atoms with Crippen LogP contribution in [0.3, 0.4) is 0 Å². The van der Waals surface area contributed by atoms with Gasteiger partial charge in [-0.25, -0.2) is 0 Å². The van der Waals surface area contributed by atoms with E-state index in [0.29, 0.717) is 24.2 Å². The van der Waals surface area contributed by atoms with Crippen molar-refractivity contribution in [2.75, 3.05) is 19.6 Å². The molecule has 0 saturated carbocycles. The second-order valence-corrected chi connectivity index (χ2v) is 7.31. The number of ketones is 1. The van der Waals surface area contributed by atoms with Crippen LogP contribution < -0.4 is 0 Å². The summed E-state index contributed by atoms with van der Waals surface area (Å²) in [7, 11) is 0. The molecule has 18 heavy (non-hydrogen) atoms. The lowest BCUT2D eigenvalue weighted by atomic mass is 9.90. The molecule has 0 saturated heterocycles. The van der Waals surface area contributed by atoms with E-state index >= 15 is 0 Å². The second kappa shape index (κ2) is 7.93. The molecule has 0 aromatic rings. The Labute approximate surface area is 114 Å². The standard InChI is InChI=1S/C16H33NO/c1-13(2)8-10-17(11-9-14(3)4)12-15(18)16(5,6)7/h13-14H,8-12H2,1-7H3. The number of hydrogen-bond acceptors (Lipinski definition) is 2. The largest absolute Gasteiger partial charge is 0.298 e.